The normalized spacial score (nSPS) is 19.8. The van der Waals surface area contributed by atoms with Crippen molar-refractivity contribution in [2.24, 2.45) is 0 Å². The lowest BCUT2D eigenvalue weighted by Gasteiger charge is -2.33. The minimum absolute atomic E-state index is 0.0745. The minimum Gasteiger partial charge on any atom is -0.504 e. The molecule has 0 bridgehead atoms. The largest absolute Gasteiger partial charge is 0.504 e. The number of likely N-dealkylation sites (tertiary alicyclic amines) is 1. The highest BCUT2D eigenvalue weighted by Gasteiger charge is 2.29. The molecule has 1 atom stereocenters. The molecular formula is C14H18BrNO4. The third kappa shape index (κ3) is 3.24. The van der Waals surface area contributed by atoms with E-state index >= 15 is 0 Å². The first kappa shape index (κ1) is 15.1. The summed E-state index contributed by atoms with van der Waals surface area (Å²) in [7, 11) is 1.49. The number of phenolic OH excluding ortho intramolecular Hbond substituents is 1. The molecule has 6 heteroatoms. The Morgan fingerprint density at radius 1 is 1.50 bits per heavy atom. The van der Waals surface area contributed by atoms with Crippen molar-refractivity contribution >= 4 is 21.9 Å². The number of halogens is 1. The van der Waals surface area contributed by atoms with Crippen LogP contribution in [-0.4, -0.2) is 40.8 Å². The predicted molar refractivity (Wildman–Crippen MR) is 78.0 cm³/mol. The molecule has 1 aromatic carbocycles. The van der Waals surface area contributed by atoms with Crippen molar-refractivity contribution in [3.05, 3.63) is 22.2 Å². The first-order valence-corrected chi connectivity index (χ1v) is 7.34. The summed E-state index contributed by atoms with van der Waals surface area (Å²) in [6.07, 6.45) is 2.57. The monoisotopic (exact) mass is 343 g/mol. The van der Waals surface area contributed by atoms with Gasteiger partial charge >= 0.3 is 5.97 Å². The van der Waals surface area contributed by atoms with E-state index in [0.717, 1.165) is 23.9 Å². The Bertz CT molecular complexity index is 506. The molecule has 1 fully saturated rings. The summed E-state index contributed by atoms with van der Waals surface area (Å²) in [6, 6.07) is 3.00. The molecule has 0 saturated carbocycles. The van der Waals surface area contributed by atoms with E-state index in [0.29, 0.717) is 24.3 Å². The molecule has 0 aliphatic carbocycles. The zero-order chi connectivity index (χ0) is 14.7. The lowest BCUT2D eigenvalue weighted by Crippen LogP contribution is -2.44. The van der Waals surface area contributed by atoms with Crippen molar-refractivity contribution in [3.8, 4) is 11.5 Å². The molecular weight excluding hydrogens is 326 g/mol. The van der Waals surface area contributed by atoms with Crippen molar-refractivity contribution in [1.82, 2.24) is 4.90 Å². The summed E-state index contributed by atoms with van der Waals surface area (Å²) in [5.41, 5.74) is 0.671. The van der Waals surface area contributed by atoms with Crippen LogP contribution in [0.2, 0.25) is 0 Å². The van der Waals surface area contributed by atoms with Gasteiger partial charge in [-0.05, 0) is 31.5 Å². The zero-order valence-corrected chi connectivity index (χ0v) is 12.9. The Morgan fingerprint density at radius 2 is 2.25 bits per heavy atom. The van der Waals surface area contributed by atoms with E-state index in [1.54, 1.807) is 12.1 Å². The fraction of sp³-hybridized carbons (Fsp3) is 0.500. The van der Waals surface area contributed by atoms with Gasteiger partial charge in [0.1, 0.15) is 6.04 Å². The molecule has 1 aromatic rings. The smallest absolute Gasteiger partial charge is 0.320 e. The van der Waals surface area contributed by atoms with Gasteiger partial charge in [-0.25, -0.2) is 0 Å². The quantitative estimate of drug-likeness (QED) is 0.879. The zero-order valence-electron chi connectivity index (χ0n) is 11.3. The number of aromatic hydroxyl groups is 1. The lowest BCUT2D eigenvalue weighted by molar-refractivity contribution is -0.144. The Labute approximate surface area is 126 Å². The number of hydrogen-bond acceptors (Lipinski definition) is 4. The number of carboxylic acids is 1. The summed E-state index contributed by atoms with van der Waals surface area (Å²) < 4.78 is 5.91. The van der Waals surface area contributed by atoms with E-state index < -0.39 is 12.0 Å². The van der Waals surface area contributed by atoms with Gasteiger partial charge in [0.05, 0.1) is 7.11 Å². The van der Waals surface area contributed by atoms with Gasteiger partial charge in [0.25, 0.3) is 0 Å². The molecule has 110 valence electrons. The van der Waals surface area contributed by atoms with E-state index in [2.05, 4.69) is 15.9 Å². The Balaban J connectivity index is 2.24. The van der Waals surface area contributed by atoms with Crippen LogP contribution in [0.4, 0.5) is 0 Å². The predicted octanol–water partition coefficient (Wildman–Crippen LogP) is 2.60. The number of aliphatic carboxylic acids is 1. The summed E-state index contributed by atoms with van der Waals surface area (Å²) in [5, 5.41) is 19.4. The van der Waals surface area contributed by atoms with Gasteiger partial charge in [0.15, 0.2) is 11.5 Å². The van der Waals surface area contributed by atoms with E-state index in [-0.39, 0.29) is 5.75 Å². The van der Waals surface area contributed by atoms with Crippen LogP contribution in [0.3, 0.4) is 0 Å². The maximum atomic E-state index is 11.3. The van der Waals surface area contributed by atoms with Gasteiger partial charge < -0.3 is 14.9 Å². The van der Waals surface area contributed by atoms with Gasteiger partial charge in [-0.2, -0.15) is 0 Å². The molecule has 0 radical (unpaired) electrons. The van der Waals surface area contributed by atoms with E-state index in [1.807, 2.05) is 4.90 Å². The van der Waals surface area contributed by atoms with Gasteiger partial charge in [0, 0.05) is 16.6 Å². The third-order valence-electron chi connectivity index (χ3n) is 3.61. The van der Waals surface area contributed by atoms with E-state index in [1.165, 1.54) is 7.11 Å². The molecule has 1 aliphatic rings. The Morgan fingerprint density at radius 3 is 2.90 bits per heavy atom. The summed E-state index contributed by atoms with van der Waals surface area (Å²) >= 11 is 3.37. The SMILES string of the molecule is COc1cc(Br)cc(CN2CCCCC2C(=O)O)c1O. The first-order valence-electron chi connectivity index (χ1n) is 6.55. The number of rotatable bonds is 4. The summed E-state index contributed by atoms with van der Waals surface area (Å²) in [6.45, 7) is 1.13. The van der Waals surface area contributed by atoms with Gasteiger partial charge in [-0.1, -0.05) is 22.4 Å². The number of ether oxygens (including phenoxy) is 1. The van der Waals surface area contributed by atoms with Crippen LogP contribution in [0.5, 0.6) is 11.5 Å². The first-order chi connectivity index (χ1) is 9.52. The topological polar surface area (TPSA) is 70.0 Å². The molecule has 2 rings (SSSR count). The van der Waals surface area contributed by atoms with Crippen molar-refractivity contribution < 1.29 is 19.7 Å². The number of nitrogens with zero attached hydrogens (tertiary/aromatic N) is 1. The molecule has 2 N–H and O–H groups in total. The van der Waals surface area contributed by atoms with Crippen LogP contribution in [0.1, 0.15) is 24.8 Å². The molecule has 1 unspecified atom stereocenters. The number of benzene rings is 1. The van der Waals surface area contributed by atoms with Crippen LogP contribution < -0.4 is 4.74 Å². The summed E-state index contributed by atoms with van der Waals surface area (Å²) in [4.78, 5) is 13.2. The maximum absolute atomic E-state index is 11.3. The molecule has 5 nitrogen and oxygen atoms in total. The van der Waals surface area contributed by atoms with Crippen molar-refractivity contribution in [2.75, 3.05) is 13.7 Å². The second-order valence-corrected chi connectivity index (χ2v) is 5.85. The lowest BCUT2D eigenvalue weighted by atomic mass is 10.0. The molecule has 0 aromatic heterocycles. The highest BCUT2D eigenvalue weighted by Crippen LogP contribution is 2.35. The Hall–Kier alpha value is -1.27. The summed E-state index contributed by atoms with van der Waals surface area (Å²) in [5.74, 6) is -0.338. The highest BCUT2D eigenvalue weighted by molar-refractivity contribution is 9.10. The third-order valence-corrected chi connectivity index (χ3v) is 4.07. The van der Waals surface area contributed by atoms with Crippen LogP contribution >= 0.6 is 15.9 Å². The number of methoxy groups -OCH3 is 1. The van der Waals surface area contributed by atoms with Crippen molar-refractivity contribution in [2.45, 2.75) is 31.8 Å². The molecule has 0 spiro atoms. The second-order valence-electron chi connectivity index (χ2n) is 4.94. The number of carboxylic acid groups (broad SMARTS) is 1. The average Bonchev–Trinajstić information content (AvgIpc) is 2.42. The minimum atomic E-state index is -0.800. The molecule has 1 saturated heterocycles. The van der Waals surface area contributed by atoms with Crippen molar-refractivity contribution in [1.29, 1.82) is 0 Å². The number of piperidine rings is 1. The fourth-order valence-electron chi connectivity index (χ4n) is 2.58. The average molecular weight is 344 g/mol. The van der Waals surface area contributed by atoms with Gasteiger partial charge in [0.2, 0.25) is 0 Å². The van der Waals surface area contributed by atoms with Crippen LogP contribution in [-0.2, 0) is 11.3 Å². The molecule has 20 heavy (non-hydrogen) atoms. The van der Waals surface area contributed by atoms with Crippen LogP contribution in [0.15, 0.2) is 16.6 Å². The highest BCUT2D eigenvalue weighted by atomic mass is 79.9. The Kier molecular flexibility index (Phi) is 4.88. The molecule has 1 aliphatic heterocycles. The number of hydrogen-bond donors (Lipinski definition) is 2. The standard InChI is InChI=1S/C14H18BrNO4/c1-20-12-7-10(15)6-9(13(12)17)8-16-5-3-2-4-11(16)14(18)19/h6-7,11,17H,2-5,8H2,1H3,(H,18,19). The maximum Gasteiger partial charge on any atom is 0.320 e. The van der Waals surface area contributed by atoms with Crippen molar-refractivity contribution in [3.63, 3.8) is 0 Å². The van der Waals surface area contributed by atoms with Crippen LogP contribution in [0, 0.1) is 0 Å². The fourth-order valence-corrected chi connectivity index (χ4v) is 3.07. The number of phenols is 1. The second kappa shape index (κ2) is 6.45. The van der Waals surface area contributed by atoms with Crippen LogP contribution in [0.25, 0.3) is 0 Å². The molecule has 1 heterocycles. The number of carbonyl (C=O) groups is 1. The van der Waals surface area contributed by atoms with E-state index in [4.69, 9.17) is 4.74 Å². The van der Waals surface area contributed by atoms with Gasteiger partial charge in [-0.15, -0.1) is 0 Å². The van der Waals surface area contributed by atoms with Gasteiger partial charge in [-0.3, -0.25) is 9.69 Å². The van der Waals surface area contributed by atoms with E-state index in [9.17, 15) is 15.0 Å². The molecule has 0 amide bonds.